The fraction of sp³-hybridized carbons (Fsp3) is 0.318. The predicted octanol–water partition coefficient (Wildman–Crippen LogP) is 1.56. The first kappa shape index (κ1) is 20.8. The molecule has 4 rings (SSSR count). The van der Waals surface area contributed by atoms with Crippen LogP contribution in [-0.2, 0) is 23.0 Å². The van der Waals surface area contributed by atoms with E-state index in [0.29, 0.717) is 47.4 Å². The van der Waals surface area contributed by atoms with E-state index >= 15 is 0 Å². The molecule has 0 bridgehead atoms. The monoisotopic (exact) mass is 424 g/mol. The number of nitrogens with zero attached hydrogens (tertiary/aromatic N) is 3. The predicted molar refractivity (Wildman–Crippen MR) is 110 cm³/mol. The lowest BCUT2D eigenvalue weighted by Gasteiger charge is -2.34. The van der Waals surface area contributed by atoms with E-state index in [-0.39, 0.29) is 6.54 Å². The van der Waals surface area contributed by atoms with Crippen molar-refractivity contribution < 1.29 is 18.3 Å². The Hall–Kier alpha value is -3.48. The fourth-order valence-corrected chi connectivity index (χ4v) is 3.82. The van der Waals surface area contributed by atoms with Crippen LogP contribution in [0.5, 0.6) is 0 Å². The molecule has 0 saturated carbocycles. The lowest BCUT2D eigenvalue weighted by atomic mass is 9.99. The van der Waals surface area contributed by atoms with Gasteiger partial charge in [0.1, 0.15) is 18.0 Å². The summed E-state index contributed by atoms with van der Waals surface area (Å²) in [4.78, 5) is 24.9. The van der Waals surface area contributed by atoms with Crippen LogP contribution in [0.1, 0.15) is 5.56 Å². The summed E-state index contributed by atoms with van der Waals surface area (Å²) in [6.45, 7) is 1.03. The number of nitriles is 1. The molecule has 2 N–H and O–H groups in total. The van der Waals surface area contributed by atoms with Gasteiger partial charge in [-0.05, 0) is 29.3 Å². The molecule has 1 aromatic heterocycles. The second-order valence-electron chi connectivity index (χ2n) is 7.53. The molecule has 2 aromatic carbocycles. The van der Waals surface area contributed by atoms with E-state index in [1.165, 1.54) is 10.6 Å². The number of aryl methyl sites for hydroxylation is 1. The summed E-state index contributed by atoms with van der Waals surface area (Å²) >= 11 is 0. The molecular weight excluding hydrogens is 403 g/mol. The summed E-state index contributed by atoms with van der Waals surface area (Å²) in [7, 11) is 1.59. The van der Waals surface area contributed by atoms with Crippen LogP contribution >= 0.6 is 0 Å². The van der Waals surface area contributed by atoms with E-state index in [4.69, 9.17) is 14.9 Å². The highest BCUT2D eigenvalue weighted by molar-refractivity contribution is 5.81. The van der Waals surface area contributed by atoms with Crippen molar-refractivity contribution in [3.8, 4) is 17.2 Å². The minimum absolute atomic E-state index is 0.234. The van der Waals surface area contributed by atoms with Gasteiger partial charge in [-0.1, -0.05) is 18.2 Å². The first-order chi connectivity index (χ1) is 14.9. The third kappa shape index (κ3) is 4.08. The molecule has 2 atom stereocenters. The molecule has 0 radical (unpaired) electrons. The Bertz CT molecular complexity index is 1240. The Morgan fingerprint density at radius 1 is 1.35 bits per heavy atom. The molecule has 1 aliphatic rings. The van der Waals surface area contributed by atoms with Gasteiger partial charge in [0.15, 0.2) is 5.58 Å². The second kappa shape index (κ2) is 8.34. The van der Waals surface area contributed by atoms with E-state index in [9.17, 15) is 19.2 Å². The summed E-state index contributed by atoms with van der Waals surface area (Å²) in [6.07, 6.45) is -0.452. The van der Waals surface area contributed by atoms with E-state index in [1.54, 1.807) is 37.4 Å². The van der Waals surface area contributed by atoms with Crippen molar-refractivity contribution in [2.75, 3.05) is 19.7 Å². The van der Waals surface area contributed by atoms with Crippen LogP contribution in [0.15, 0.2) is 45.6 Å². The van der Waals surface area contributed by atoms with Crippen molar-refractivity contribution >= 4 is 17.0 Å². The van der Waals surface area contributed by atoms with E-state index < -0.39 is 29.6 Å². The van der Waals surface area contributed by atoms with Gasteiger partial charge in [0, 0.05) is 32.1 Å². The zero-order valence-corrected chi connectivity index (χ0v) is 16.9. The molecule has 9 heteroatoms. The van der Waals surface area contributed by atoms with Gasteiger partial charge in [0.25, 0.3) is 0 Å². The van der Waals surface area contributed by atoms with Gasteiger partial charge in [0.05, 0.1) is 18.2 Å². The topological polar surface area (TPSA) is 114 Å². The van der Waals surface area contributed by atoms with Crippen molar-refractivity contribution in [1.82, 2.24) is 9.47 Å². The lowest BCUT2D eigenvalue weighted by Crippen LogP contribution is -2.52. The molecule has 2 heterocycles. The minimum atomic E-state index is -0.752. The number of ether oxygens (including phenoxy) is 1. The van der Waals surface area contributed by atoms with Crippen LogP contribution in [0.4, 0.5) is 4.39 Å². The molecule has 3 aromatic rings. The quantitative estimate of drug-likeness (QED) is 0.665. The maximum absolute atomic E-state index is 14.9. The van der Waals surface area contributed by atoms with Crippen LogP contribution in [0, 0.1) is 17.1 Å². The summed E-state index contributed by atoms with van der Waals surface area (Å²) in [5.74, 6) is -1.48. The molecule has 1 saturated heterocycles. The third-order valence-corrected chi connectivity index (χ3v) is 5.57. The van der Waals surface area contributed by atoms with Crippen LogP contribution in [0.25, 0.3) is 22.2 Å². The van der Waals surface area contributed by atoms with Crippen LogP contribution in [0.3, 0.4) is 0 Å². The highest BCUT2D eigenvalue weighted by Gasteiger charge is 2.29. The largest absolute Gasteiger partial charge is 0.419 e. The van der Waals surface area contributed by atoms with Crippen LogP contribution in [-0.4, -0.2) is 47.2 Å². The average molecular weight is 424 g/mol. The lowest BCUT2D eigenvalue weighted by molar-refractivity contribution is -0.135. The molecule has 0 aliphatic carbocycles. The highest BCUT2D eigenvalue weighted by Crippen LogP contribution is 2.27. The molecular formula is C22H21FN4O4. The van der Waals surface area contributed by atoms with Crippen molar-refractivity contribution in [1.29, 1.82) is 5.26 Å². The van der Waals surface area contributed by atoms with Crippen molar-refractivity contribution in [3.63, 3.8) is 0 Å². The number of halogens is 1. The number of carbonyl (C=O) groups is 1. The van der Waals surface area contributed by atoms with Gasteiger partial charge in [-0.25, -0.2) is 9.18 Å². The molecule has 31 heavy (non-hydrogen) atoms. The number of fused-ring (bicyclic) bond motifs is 1. The molecule has 0 unspecified atom stereocenters. The Kier molecular flexibility index (Phi) is 5.59. The Morgan fingerprint density at radius 2 is 2.16 bits per heavy atom. The van der Waals surface area contributed by atoms with Crippen LogP contribution in [0.2, 0.25) is 0 Å². The number of aromatic nitrogens is 1. The summed E-state index contributed by atoms with van der Waals surface area (Å²) in [5, 5.41) is 9.62. The maximum atomic E-state index is 14.9. The first-order valence-corrected chi connectivity index (χ1v) is 9.80. The summed E-state index contributed by atoms with van der Waals surface area (Å²) < 4.78 is 26.7. The van der Waals surface area contributed by atoms with Gasteiger partial charge in [0.2, 0.25) is 5.91 Å². The van der Waals surface area contributed by atoms with E-state index in [2.05, 4.69) is 6.07 Å². The smallest absolute Gasteiger partial charge is 0.408 e. The second-order valence-corrected chi connectivity index (χ2v) is 7.53. The Morgan fingerprint density at radius 3 is 2.87 bits per heavy atom. The van der Waals surface area contributed by atoms with E-state index in [0.717, 1.165) is 0 Å². The summed E-state index contributed by atoms with van der Waals surface area (Å²) in [6, 6.07) is 11.6. The molecule has 1 fully saturated rings. The Labute approximate surface area is 177 Å². The fourth-order valence-electron chi connectivity index (χ4n) is 3.82. The first-order valence-electron chi connectivity index (χ1n) is 9.80. The average Bonchev–Trinajstić information content (AvgIpc) is 3.05. The number of hydrogen-bond acceptors (Lipinski definition) is 6. The van der Waals surface area contributed by atoms with Gasteiger partial charge >= 0.3 is 5.76 Å². The standard InChI is InChI=1S/C22H21FN4O4/c1-26-18-10-14(3-5-19(18)31-22(26)29)16-4-2-13(9-17(16)23)8-15(11-24)27-6-7-30-20(12-27)21(25)28/h2-5,9-10,15,20H,6-8,12H2,1H3,(H2,25,28)/t15-,20-/m0/s1. The third-order valence-electron chi connectivity index (χ3n) is 5.57. The number of hydrogen-bond donors (Lipinski definition) is 1. The number of primary amides is 1. The highest BCUT2D eigenvalue weighted by atomic mass is 19.1. The molecule has 0 spiro atoms. The maximum Gasteiger partial charge on any atom is 0.419 e. The van der Waals surface area contributed by atoms with Crippen molar-refractivity contribution in [2.45, 2.75) is 18.6 Å². The van der Waals surface area contributed by atoms with Crippen LogP contribution < -0.4 is 11.5 Å². The normalized spacial score (nSPS) is 18.0. The zero-order chi connectivity index (χ0) is 22.1. The number of benzene rings is 2. The molecule has 160 valence electrons. The van der Waals surface area contributed by atoms with E-state index in [1.807, 2.05) is 4.90 Å². The molecule has 8 nitrogen and oxygen atoms in total. The SMILES string of the molecule is Cn1c(=O)oc2ccc(-c3ccc(C[C@@H](C#N)N4CCO[C@H](C(N)=O)C4)cc3F)cc21. The van der Waals surface area contributed by atoms with Crippen molar-refractivity contribution in [3.05, 3.63) is 58.3 Å². The zero-order valence-electron chi connectivity index (χ0n) is 16.9. The minimum Gasteiger partial charge on any atom is -0.408 e. The van der Waals surface area contributed by atoms with Gasteiger partial charge in [-0.2, -0.15) is 5.26 Å². The van der Waals surface area contributed by atoms with Gasteiger partial charge in [-0.15, -0.1) is 0 Å². The van der Waals surface area contributed by atoms with Crippen molar-refractivity contribution in [2.24, 2.45) is 12.8 Å². The number of rotatable bonds is 5. The summed E-state index contributed by atoms with van der Waals surface area (Å²) in [5.41, 5.74) is 7.98. The number of oxazole rings is 1. The number of amides is 1. The van der Waals surface area contributed by atoms with Gasteiger partial charge in [-0.3, -0.25) is 14.3 Å². The Balaban J connectivity index is 1.56. The number of nitrogens with two attached hydrogens (primary N) is 1. The number of carbonyl (C=O) groups excluding carboxylic acids is 1. The molecule has 1 aliphatic heterocycles. The number of morpholine rings is 1. The van der Waals surface area contributed by atoms with Gasteiger partial charge < -0.3 is 14.9 Å². The molecule has 1 amide bonds.